The van der Waals surface area contributed by atoms with Gasteiger partial charge in [0.15, 0.2) is 0 Å². The lowest BCUT2D eigenvalue weighted by atomic mass is 10.0. The van der Waals surface area contributed by atoms with E-state index in [0.717, 1.165) is 5.56 Å². The molecule has 0 bridgehead atoms. The van der Waals surface area contributed by atoms with E-state index < -0.39 is 29.3 Å². The van der Waals surface area contributed by atoms with Gasteiger partial charge in [-0.1, -0.05) is 12.1 Å². The Labute approximate surface area is 197 Å². The first kappa shape index (κ1) is 23.4. The zero-order valence-corrected chi connectivity index (χ0v) is 19.6. The second kappa shape index (κ2) is 9.21. The van der Waals surface area contributed by atoms with Gasteiger partial charge >= 0.3 is 17.7 Å². The van der Waals surface area contributed by atoms with Crippen molar-refractivity contribution in [1.29, 1.82) is 0 Å². The maximum Gasteiger partial charge on any atom is 0.411 e. The summed E-state index contributed by atoms with van der Waals surface area (Å²) in [5, 5.41) is 0.695. The number of hydrogen-bond donors (Lipinski definition) is 0. The maximum absolute atomic E-state index is 12.9. The fraction of sp³-hybridized carbons (Fsp3) is 0.346. The molecule has 1 aliphatic heterocycles. The van der Waals surface area contributed by atoms with E-state index in [2.05, 4.69) is 0 Å². The number of methoxy groups -OCH3 is 1. The summed E-state index contributed by atoms with van der Waals surface area (Å²) in [6.07, 6.45) is 0.625. The van der Waals surface area contributed by atoms with Crippen molar-refractivity contribution >= 4 is 23.0 Å². The Bertz CT molecular complexity index is 1270. The standard InChI is InChI=1S/C26H27NO7/c1-26(2,3)34-25(30)27-13-5-6-21(27)24(29)32-18-11-12-19-20(15-23(28)33-22(19)14-18)16-7-9-17(31-4)10-8-16/h7-12,14-15,21H,5-6,13H2,1-4H3. The molecule has 0 spiro atoms. The fourth-order valence-corrected chi connectivity index (χ4v) is 3.95. The van der Waals surface area contributed by atoms with Crippen molar-refractivity contribution < 1.29 is 28.2 Å². The van der Waals surface area contributed by atoms with Crippen LogP contribution in [0.4, 0.5) is 4.79 Å². The highest BCUT2D eigenvalue weighted by Crippen LogP contribution is 2.31. The Hall–Kier alpha value is -3.81. The second-order valence-electron chi connectivity index (χ2n) is 9.12. The predicted octanol–water partition coefficient (Wildman–Crippen LogP) is 4.77. The van der Waals surface area contributed by atoms with Gasteiger partial charge in [0.1, 0.15) is 28.7 Å². The molecule has 178 valence electrons. The summed E-state index contributed by atoms with van der Waals surface area (Å²) >= 11 is 0. The molecule has 1 aliphatic rings. The zero-order valence-electron chi connectivity index (χ0n) is 19.6. The zero-order chi connectivity index (χ0) is 24.5. The van der Waals surface area contributed by atoms with E-state index in [9.17, 15) is 14.4 Å². The molecule has 3 aromatic rings. The Morgan fingerprint density at radius 3 is 2.41 bits per heavy atom. The Morgan fingerprint density at radius 1 is 1.03 bits per heavy atom. The van der Waals surface area contributed by atoms with Gasteiger partial charge < -0.3 is 18.6 Å². The lowest BCUT2D eigenvalue weighted by Gasteiger charge is -2.27. The minimum absolute atomic E-state index is 0.226. The number of fused-ring (bicyclic) bond motifs is 1. The summed E-state index contributed by atoms with van der Waals surface area (Å²) < 4.78 is 21.6. The Kier molecular flexibility index (Phi) is 6.32. The van der Waals surface area contributed by atoms with Crippen molar-refractivity contribution in [2.24, 2.45) is 0 Å². The van der Waals surface area contributed by atoms with Crippen molar-refractivity contribution in [3.63, 3.8) is 0 Å². The lowest BCUT2D eigenvalue weighted by molar-refractivity contribution is -0.139. The van der Waals surface area contributed by atoms with Crippen LogP contribution in [0, 0.1) is 0 Å². The van der Waals surface area contributed by atoms with Crippen LogP contribution in [0.15, 0.2) is 57.7 Å². The normalized spacial score (nSPS) is 15.9. The molecule has 0 aliphatic carbocycles. The first-order valence-corrected chi connectivity index (χ1v) is 11.1. The third kappa shape index (κ3) is 5.06. The van der Waals surface area contributed by atoms with Crippen molar-refractivity contribution in [2.45, 2.75) is 45.3 Å². The van der Waals surface area contributed by atoms with E-state index in [1.165, 1.54) is 17.0 Å². The first-order chi connectivity index (χ1) is 16.1. The average Bonchev–Trinajstić information content (AvgIpc) is 3.28. The molecular weight excluding hydrogens is 438 g/mol. The van der Waals surface area contributed by atoms with Crippen molar-refractivity contribution in [3.05, 3.63) is 59.0 Å². The second-order valence-corrected chi connectivity index (χ2v) is 9.12. The molecule has 8 heteroatoms. The molecule has 0 saturated carbocycles. The number of benzene rings is 2. The summed E-state index contributed by atoms with van der Waals surface area (Å²) in [6.45, 7) is 5.75. The van der Waals surface area contributed by atoms with Crippen LogP contribution in [-0.4, -0.2) is 42.3 Å². The third-order valence-electron chi connectivity index (χ3n) is 5.49. The van der Waals surface area contributed by atoms with E-state index in [1.807, 2.05) is 24.3 Å². The lowest BCUT2D eigenvalue weighted by Crippen LogP contribution is -2.44. The van der Waals surface area contributed by atoms with E-state index in [1.54, 1.807) is 40.0 Å². The molecule has 8 nitrogen and oxygen atoms in total. The van der Waals surface area contributed by atoms with E-state index in [4.69, 9.17) is 18.6 Å². The van der Waals surface area contributed by atoms with Crippen LogP contribution in [-0.2, 0) is 9.53 Å². The van der Waals surface area contributed by atoms with Crippen LogP contribution >= 0.6 is 0 Å². The molecular formula is C26H27NO7. The predicted molar refractivity (Wildman–Crippen MR) is 126 cm³/mol. The first-order valence-electron chi connectivity index (χ1n) is 11.1. The number of carbonyl (C=O) groups is 2. The molecule has 2 heterocycles. The number of rotatable bonds is 4. The van der Waals surface area contributed by atoms with Gasteiger partial charge in [0, 0.05) is 24.1 Å². The summed E-state index contributed by atoms with van der Waals surface area (Å²) in [7, 11) is 1.59. The molecule has 1 atom stereocenters. The van der Waals surface area contributed by atoms with Gasteiger partial charge in [-0.3, -0.25) is 4.90 Å². The van der Waals surface area contributed by atoms with Gasteiger partial charge in [-0.15, -0.1) is 0 Å². The van der Waals surface area contributed by atoms with E-state index >= 15 is 0 Å². The fourth-order valence-electron chi connectivity index (χ4n) is 3.95. The Morgan fingerprint density at radius 2 is 1.74 bits per heavy atom. The highest BCUT2D eigenvalue weighted by atomic mass is 16.6. The molecule has 34 heavy (non-hydrogen) atoms. The summed E-state index contributed by atoms with van der Waals surface area (Å²) in [6, 6.07) is 12.9. The van der Waals surface area contributed by atoms with Gasteiger partial charge in [-0.05, 0) is 69.0 Å². The average molecular weight is 466 g/mol. The van der Waals surface area contributed by atoms with Gasteiger partial charge in [0.25, 0.3) is 0 Å². The van der Waals surface area contributed by atoms with Gasteiger partial charge in [-0.2, -0.15) is 0 Å². The van der Waals surface area contributed by atoms with Crippen molar-refractivity contribution in [1.82, 2.24) is 4.90 Å². The molecule has 1 saturated heterocycles. The molecule has 2 aromatic carbocycles. The third-order valence-corrected chi connectivity index (χ3v) is 5.49. The van der Waals surface area contributed by atoms with Gasteiger partial charge in [0.05, 0.1) is 7.11 Å². The van der Waals surface area contributed by atoms with Crippen LogP contribution in [0.25, 0.3) is 22.1 Å². The van der Waals surface area contributed by atoms with Crippen molar-refractivity contribution in [2.75, 3.05) is 13.7 Å². The minimum atomic E-state index is -0.733. The number of ether oxygens (including phenoxy) is 3. The number of likely N-dealkylation sites (tertiary alicyclic amines) is 1. The van der Waals surface area contributed by atoms with Gasteiger partial charge in [0.2, 0.25) is 0 Å². The van der Waals surface area contributed by atoms with Crippen LogP contribution in [0.2, 0.25) is 0 Å². The van der Waals surface area contributed by atoms with Crippen LogP contribution in [0.3, 0.4) is 0 Å². The maximum atomic E-state index is 12.9. The Balaban J connectivity index is 1.58. The summed E-state index contributed by atoms with van der Waals surface area (Å²) in [5.74, 6) is 0.373. The van der Waals surface area contributed by atoms with E-state index in [0.29, 0.717) is 41.7 Å². The van der Waals surface area contributed by atoms with Crippen LogP contribution in [0.5, 0.6) is 11.5 Å². The summed E-state index contributed by atoms with van der Waals surface area (Å²) in [4.78, 5) is 39.0. The quantitative estimate of drug-likeness (QED) is 0.311. The molecule has 1 amide bonds. The highest BCUT2D eigenvalue weighted by molar-refractivity contribution is 5.94. The number of esters is 1. The summed E-state index contributed by atoms with van der Waals surface area (Å²) in [5.41, 5.74) is 0.625. The molecule has 4 rings (SSSR count). The molecule has 0 radical (unpaired) electrons. The highest BCUT2D eigenvalue weighted by Gasteiger charge is 2.38. The smallest absolute Gasteiger partial charge is 0.411 e. The number of amides is 1. The van der Waals surface area contributed by atoms with Gasteiger partial charge in [-0.25, -0.2) is 14.4 Å². The number of carbonyl (C=O) groups excluding carboxylic acids is 2. The molecule has 1 fully saturated rings. The number of nitrogens with zero attached hydrogens (tertiary/aromatic N) is 1. The number of hydrogen-bond acceptors (Lipinski definition) is 7. The van der Waals surface area contributed by atoms with Crippen molar-refractivity contribution in [3.8, 4) is 22.6 Å². The topological polar surface area (TPSA) is 95.3 Å². The molecule has 0 N–H and O–H groups in total. The van der Waals surface area contributed by atoms with Crippen LogP contribution < -0.4 is 15.1 Å². The molecule has 1 aromatic heterocycles. The monoisotopic (exact) mass is 465 g/mol. The minimum Gasteiger partial charge on any atom is -0.497 e. The van der Waals surface area contributed by atoms with Crippen LogP contribution in [0.1, 0.15) is 33.6 Å². The largest absolute Gasteiger partial charge is 0.497 e. The SMILES string of the molecule is COc1ccc(-c2cc(=O)oc3cc(OC(=O)C4CCCN4C(=O)OC(C)(C)C)ccc23)cc1. The van der Waals surface area contributed by atoms with E-state index in [-0.39, 0.29) is 5.75 Å². The molecule has 1 unspecified atom stereocenters.